The summed E-state index contributed by atoms with van der Waals surface area (Å²) in [5.74, 6) is -0.893. The van der Waals surface area contributed by atoms with Gasteiger partial charge in [0.15, 0.2) is 6.10 Å². The Labute approximate surface area is 403 Å². The van der Waals surface area contributed by atoms with Crippen molar-refractivity contribution in [1.82, 2.24) is 0 Å². The van der Waals surface area contributed by atoms with Crippen LogP contribution in [0.25, 0.3) is 0 Å². The molecule has 0 aromatic carbocycles. The minimum atomic E-state index is -0.781. The summed E-state index contributed by atoms with van der Waals surface area (Å²) in [5, 5.41) is 0. The molecule has 0 spiro atoms. The molecule has 378 valence electrons. The number of carbonyl (C=O) groups excluding carboxylic acids is 3. The van der Waals surface area contributed by atoms with Crippen molar-refractivity contribution >= 4 is 17.9 Å². The molecule has 0 bridgehead atoms. The lowest BCUT2D eigenvalue weighted by Gasteiger charge is -2.18. The Kier molecular flexibility index (Phi) is 51.8. The molecule has 0 heterocycles. The second-order valence-corrected chi connectivity index (χ2v) is 18.9. The van der Waals surface area contributed by atoms with E-state index in [2.05, 4.69) is 69.4 Å². The number of hydrogen-bond donors (Lipinski definition) is 0. The first-order chi connectivity index (χ1) is 32.0. The molecule has 65 heavy (non-hydrogen) atoms. The van der Waals surface area contributed by atoms with Crippen LogP contribution in [0.3, 0.4) is 0 Å². The number of carbonyl (C=O) groups is 3. The highest BCUT2D eigenvalue weighted by atomic mass is 16.6. The Bertz CT molecular complexity index is 1140. The van der Waals surface area contributed by atoms with Crippen LogP contribution in [0, 0.1) is 0 Å². The van der Waals surface area contributed by atoms with Gasteiger partial charge < -0.3 is 14.2 Å². The summed E-state index contributed by atoms with van der Waals surface area (Å²) in [6.07, 6.45) is 65.2. The van der Waals surface area contributed by atoms with E-state index in [-0.39, 0.29) is 31.1 Å². The third-order valence-electron chi connectivity index (χ3n) is 12.3. The summed E-state index contributed by atoms with van der Waals surface area (Å²) in [5.41, 5.74) is 0. The van der Waals surface area contributed by atoms with Crippen LogP contribution < -0.4 is 0 Å². The SMILES string of the molecule is CCCCC/C=C\C=C/CCCCCCCCCCCCC(=O)OCC(COC(=O)CCCCC/C=C\CCCCCCCC)OC(=O)CCCCCCCCC/C=C\CCCCCC. The van der Waals surface area contributed by atoms with Gasteiger partial charge >= 0.3 is 17.9 Å². The van der Waals surface area contributed by atoms with Gasteiger partial charge in [-0.1, -0.05) is 223 Å². The molecule has 0 N–H and O–H groups in total. The molecule has 0 fully saturated rings. The lowest BCUT2D eigenvalue weighted by atomic mass is 10.1. The Morgan fingerprint density at radius 2 is 0.554 bits per heavy atom. The first-order valence-electron chi connectivity index (χ1n) is 28.2. The summed E-state index contributed by atoms with van der Waals surface area (Å²) >= 11 is 0. The highest BCUT2D eigenvalue weighted by molar-refractivity contribution is 5.71. The molecule has 0 saturated heterocycles. The fourth-order valence-electron chi connectivity index (χ4n) is 8.01. The van der Waals surface area contributed by atoms with Crippen LogP contribution in [-0.4, -0.2) is 37.2 Å². The van der Waals surface area contributed by atoms with Gasteiger partial charge in [-0.25, -0.2) is 0 Å². The predicted molar refractivity (Wildman–Crippen MR) is 279 cm³/mol. The average Bonchev–Trinajstić information content (AvgIpc) is 3.30. The third-order valence-corrected chi connectivity index (χ3v) is 12.3. The van der Waals surface area contributed by atoms with Gasteiger partial charge in [0.2, 0.25) is 0 Å². The lowest BCUT2D eigenvalue weighted by Crippen LogP contribution is -2.30. The maximum absolute atomic E-state index is 12.8. The predicted octanol–water partition coefficient (Wildman–Crippen LogP) is 18.7. The Hall–Kier alpha value is -2.63. The van der Waals surface area contributed by atoms with Gasteiger partial charge in [0.25, 0.3) is 0 Å². The van der Waals surface area contributed by atoms with Crippen molar-refractivity contribution in [1.29, 1.82) is 0 Å². The zero-order chi connectivity index (χ0) is 47.2. The van der Waals surface area contributed by atoms with Crippen LogP contribution in [0.5, 0.6) is 0 Å². The summed E-state index contributed by atoms with van der Waals surface area (Å²) in [6.45, 7) is 6.60. The van der Waals surface area contributed by atoms with E-state index < -0.39 is 6.10 Å². The van der Waals surface area contributed by atoms with Gasteiger partial charge in [-0.3, -0.25) is 14.4 Å². The van der Waals surface area contributed by atoms with Crippen LogP contribution in [0.2, 0.25) is 0 Å². The number of hydrogen-bond acceptors (Lipinski definition) is 6. The van der Waals surface area contributed by atoms with Crippen molar-refractivity contribution < 1.29 is 28.6 Å². The highest BCUT2D eigenvalue weighted by Gasteiger charge is 2.19. The van der Waals surface area contributed by atoms with Crippen LogP contribution in [0.1, 0.15) is 290 Å². The quantitative estimate of drug-likeness (QED) is 0.0199. The van der Waals surface area contributed by atoms with Crippen molar-refractivity contribution in [3.8, 4) is 0 Å². The van der Waals surface area contributed by atoms with Crippen LogP contribution in [-0.2, 0) is 28.6 Å². The molecule has 1 atom stereocenters. The molecule has 0 aromatic heterocycles. The number of unbranched alkanes of at least 4 members (excludes halogenated alkanes) is 33. The van der Waals surface area contributed by atoms with Crippen LogP contribution in [0.15, 0.2) is 48.6 Å². The minimum absolute atomic E-state index is 0.0799. The number of rotatable bonds is 51. The van der Waals surface area contributed by atoms with Crippen molar-refractivity contribution in [2.45, 2.75) is 297 Å². The van der Waals surface area contributed by atoms with Crippen molar-refractivity contribution in [2.75, 3.05) is 13.2 Å². The topological polar surface area (TPSA) is 78.9 Å². The van der Waals surface area contributed by atoms with E-state index in [0.29, 0.717) is 19.3 Å². The van der Waals surface area contributed by atoms with E-state index in [4.69, 9.17) is 14.2 Å². The Balaban J connectivity index is 4.36. The molecule has 6 nitrogen and oxygen atoms in total. The third kappa shape index (κ3) is 52.2. The summed E-state index contributed by atoms with van der Waals surface area (Å²) in [4.78, 5) is 38.1. The van der Waals surface area contributed by atoms with E-state index in [1.54, 1.807) is 0 Å². The zero-order valence-corrected chi connectivity index (χ0v) is 43.3. The van der Waals surface area contributed by atoms with Crippen molar-refractivity contribution in [3.63, 3.8) is 0 Å². The molecular formula is C59H106O6. The van der Waals surface area contributed by atoms with Crippen LogP contribution >= 0.6 is 0 Å². The molecule has 0 saturated carbocycles. The van der Waals surface area contributed by atoms with Gasteiger partial charge in [-0.05, 0) is 96.3 Å². The maximum Gasteiger partial charge on any atom is 0.306 e. The molecular weight excluding hydrogens is 805 g/mol. The molecule has 6 heteroatoms. The summed E-state index contributed by atoms with van der Waals surface area (Å²) in [6, 6.07) is 0. The monoisotopic (exact) mass is 911 g/mol. The average molecular weight is 911 g/mol. The van der Waals surface area contributed by atoms with Gasteiger partial charge in [0.05, 0.1) is 0 Å². The maximum atomic E-state index is 12.8. The van der Waals surface area contributed by atoms with Gasteiger partial charge in [0, 0.05) is 19.3 Å². The van der Waals surface area contributed by atoms with Gasteiger partial charge in [0.1, 0.15) is 13.2 Å². The molecule has 0 radical (unpaired) electrons. The number of allylic oxidation sites excluding steroid dienone is 8. The normalized spacial score (nSPS) is 12.4. The molecule has 1 unspecified atom stereocenters. The molecule has 0 aliphatic heterocycles. The van der Waals surface area contributed by atoms with E-state index >= 15 is 0 Å². The number of esters is 3. The standard InChI is InChI=1S/C59H106O6/c1-4-7-10-13-16-19-22-25-27-28-29-30-32-34-37-40-43-46-49-52-58(61)64-55-56(54-63-57(60)51-48-45-42-39-36-33-24-21-18-15-12-9-6-3)65-59(62)53-50-47-44-41-38-35-31-26-23-20-17-14-11-8-5-2/h16,19-20,22-23,25,33,36,56H,4-15,17-18,21,24,26-32,34-35,37-55H2,1-3H3/b19-16-,23-20-,25-22-,36-33-. The first-order valence-corrected chi connectivity index (χ1v) is 28.2. The zero-order valence-electron chi connectivity index (χ0n) is 43.3. The fraction of sp³-hybridized carbons (Fsp3) is 0.814. The first kappa shape index (κ1) is 62.4. The summed E-state index contributed by atoms with van der Waals surface area (Å²) < 4.78 is 16.8. The molecule has 0 aromatic rings. The number of ether oxygens (including phenoxy) is 3. The van der Waals surface area contributed by atoms with E-state index in [9.17, 15) is 14.4 Å². The lowest BCUT2D eigenvalue weighted by molar-refractivity contribution is -0.167. The molecule has 0 aliphatic carbocycles. The van der Waals surface area contributed by atoms with Gasteiger partial charge in [-0.15, -0.1) is 0 Å². The summed E-state index contributed by atoms with van der Waals surface area (Å²) in [7, 11) is 0. The molecule has 0 rings (SSSR count). The van der Waals surface area contributed by atoms with E-state index in [0.717, 1.165) is 70.6 Å². The van der Waals surface area contributed by atoms with E-state index in [1.165, 1.54) is 180 Å². The van der Waals surface area contributed by atoms with Crippen molar-refractivity contribution in [3.05, 3.63) is 48.6 Å². The smallest absolute Gasteiger partial charge is 0.306 e. The largest absolute Gasteiger partial charge is 0.462 e. The Morgan fingerprint density at radius 1 is 0.308 bits per heavy atom. The Morgan fingerprint density at radius 3 is 0.923 bits per heavy atom. The second kappa shape index (κ2) is 54.0. The van der Waals surface area contributed by atoms with Gasteiger partial charge in [-0.2, -0.15) is 0 Å². The second-order valence-electron chi connectivity index (χ2n) is 18.9. The van der Waals surface area contributed by atoms with Crippen LogP contribution in [0.4, 0.5) is 0 Å². The van der Waals surface area contributed by atoms with E-state index in [1.807, 2.05) is 0 Å². The fourth-order valence-corrected chi connectivity index (χ4v) is 8.01. The highest BCUT2D eigenvalue weighted by Crippen LogP contribution is 2.15. The van der Waals surface area contributed by atoms with Crippen molar-refractivity contribution in [2.24, 2.45) is 0 Å². The molecule has 0 aliphatic rings. The molecule has 0 amide bonds. The minimum Gasteiger partial charge on any atom is -0.462 e.